The molecule has 2 aromatic rings. The predicted molar refractivity (Wildman–Crippen MR) is 89.0 cm³/mol. The first-order chi connectivity index (χ1) is 11.9. The first-order valence-electron chi connectivity index (χ1n) is 7.62. The van der Waals surface area contributed by atoms with Crippen molar-refractivity contribution in [3.8, 4) is 5.75 Å². The Morgan fingerprint density at radius 3 is 2.36 bits per heavy atom. The second kappa shape index (κ2) is 6.81. The number of sulfonamides is 1. The maximum absolute atomic E-state index is 13.1. The predicted octanol–water partition coefficient (Wildman–Crippen LogP) is 1.70. The van der Waals surface area contributed by atoms with Crippen molar-refractivity contribution < 1.29 is 22.3 Å². The Bertz CT molecular complexity index is 867. The van der Waals surface area contributed by atoms with Gasteiger partial charge in [-0.25, -0.2) is 12.8 Å². The number of piperazine rings is 1. The van der Waals surface area contributed by atoms with Crippen LogP contribution in [0.4, 0.5) is 4.39 Å². The van der Waals surface area contributed by atoms with Crippen LogP contribution in [0.25, 0.3) is 0 Å². The second-order valence-corrected chi connectivity index (χ2v) is 7.43. The number of halogens is 1. The zero-order valence-corrected chi connectivity index (χ0v) is 14.3. The van der Waals surface area contributed by atoms with Crippen LogP contribution in [0.5, 0.6) is 5.75 Å². The number of amides is 1. The molecule has 1 aliphatic rings. The Balaban J connectivity index is 2.01. The van der Waals surface area contributed by atoms with Crippen LogP contribution in [0.15, 0.2) is 53.4 Å². The van der Waals surface area contributed by atoms with Gasteiger partial charge in [-0.3, -0.25) is 4.79 Å². The highest BCUT2D eigenvalue weighted by atomic mass is 32.2. The molecule has 2 aromatic carbocycles. The molecule has 1 N–H and O–H groups in total. The number of rotatable bonds is 4. The number of hydrogen-bond acceptors (Lipinski definition) is 4. The third-order valence-corrected chi connectivity index (χ3v) is 5.90. The Kier molecular flexibility index (Phi) is 4.73. The van der Waals surface area contributed by atoms with E-state index >= 15 is 0 Å². The van der Waals surface area contributed by atoms with Crippen molar-refractivity contribution in [2.75, 3.05) is 20.2 Å². The first kappa shape index (κ1) is 17.4. The van der Waals surface area contributed by atoms with Gasteiger partial charge in [-0.1, -0.05) is 12.1 Å². The van der Waals surface area contributed by atoms with E-state index in [4.69, 9.17) is 4.74 Å². The maximum atomic E-state index is 13.1. The lowest BCUT2D eigenvalue weighted by Gasteiger charge is -2.34. The largest absolute Gasteiger partial charge is 0.497 e. The van der Waals surface area contributed by atoms with Crippen molar-refractivity contribution in [1.29, 1.82) is 0 Å². The molecule has 1 atom stereocenters. The normalized spacial score (nSPS) is 18.6. The Morgan fingerprint density at radius 2 is 1.76 bits per heavy atom. The molecule has 0 spiro atoms. The molecule has 3 rings (SSSR count). The van der Waals surface area contributed by atoms with E-state index in [0.717, 1.165) is 16.4 Å². The number of methoxy groups -OCH3 is 1. The summed E-state index contributed by atoms with van der Waals surface area (Å²) in [6.07, 6.45) is 0. The van der Waals surface area contributed by atoms with Gasteiger partial charge in [-0.15, -0.1) is 0 Å². The number of benzene rings is 2. The second-order valence-electron chi connectivity index (χ2n) is 5.54. The molecule has 0 aliphatic carbocycles. The van der Waals surface area contributed by atoms with Gasteiger partial charge in [-0.2, -0.15) is 4.31 Å². The van der Waals surface area contributed by atoms with Gasteiger partial charge in [-0.05, 0) is 42.0 Å². The highest BCUT2D eigenvalue weighted by Gasteiger charge is 2.39. The summed E-state index contributed by atoms with van der Waals surface area (Å²) < 4.78 is 45.2. The molecule has 8 heteroatoms. The van der Waals surface area contributed by atoms with Gasteiger partial charge < -0.3 is 10.1 Å². The van der Waals surface area contributed by atoms with Crippen molar-refractivity contribution in [3.63, 3.8) is 0 Å². The Labute approximate surface area is 145 Å². The molecule has 6 nitrogen and oxygen atoms in total. The zero-order valence-electron chi connectivity index (χ0n) is 13.5. The SMILES string of the molecule is COc1ccc(C2C(=O)NCCN2S(=O)(=O)c2ccc(F)cc2)cc1. The zero-order chi connectivity index (χ0) is 18.0. The van der Waals surface area contributed by atoms with Crippen LogP contribution < -0.4 is 10.1 Å². The summed E-state index contributed by atoms with van der Waals surface area (Å²) in [5.41, 5.74) is 0.531. The molecule has 1 saturated heterocycles. The summed E-state index contributed by atoms with van der Waals surface area (Å²) in [6.45, 7) is 0.341. The Morgan fingerprint density at radius 1 is 1.12 bits per heavy atom. The molecule has 0 radical (unpaired) electrons. The van der Waals surface area contributed by atoms with Crippen LogP contribution in [0.3, 0.4) is 0 Å². The molecule has 25 heavy (non-hydrogen) atoms. The van der Waals surface area contributed by atoms with Crippen LogP contribution in [0, 0.1) is 5.82 Å². The van der Waals surface area contributed by atoms with E-state index in [2.05, 4.69) is 5.32 Å². The molecular weight excluding hydrogens is 347 g/mol. The van der Waals surface area contributed by atoms with E-state index in [1.807, 2.05) is 0 Å². The van der Waals surface area contributed by atoms with Crippen LogP contribution in [0.1, 0.15) is 11.6 Å². The Hall–Kier alpha value is -2.45. The lowest BCUT2D eigenvalue weighted by atomic mass is 10.0. The molecule has 1 heterocycles. The summed E-state index contributed by atoms with van der Waals surface area (Å²) in [4.78, 5) is 12.3. The summed E-state index contributed by atoms with van der Waals surface area (Å²) in [7, 11) is -2.43. The van der Waals surface area contributed by atoms with Gasteiger partial charge in [0.2, 0.25) is 15.9 Å². The fourth-order valence-electron chi connectivity index (χ4n) is 2.75. The number of nitrogens with zero attached hydrogens (tertiary/aromatic N) is 1. The molecule has 0 bridgehead atoms. The molecule has 132 valence electrons. The quantitative estimate of drug-likeness (QED) is 0.896. The molecule has 1 fully saturated rings. The summed E-state index contributed by atoms with van der Waals surface area (Å²) in [5, 5.41) is 2.69. The number of ether oxygens (including phenoxy) is 1. The third-order valence-electron chi connectivity index (χ3n) is 4.02. The minimum atomic E-state index is -3.95. The van der Waals surface area contributed by atoms with Crippen molar-refractivity contribution in [3.05, 3.63) is 59.9 Å². The number of carbonyl (C=O) groups excluding carboxylic acids is 1. The summed E-state index contributed by atoms with van der Waals surface area (Å²) >= 11 is 0. The van der Waals surface area contributed by atoms with Crippen LogP contribution in [-0.2, 0) is 14.8 Å². The van der Waals surface area contributed by atoms with Crippen LogP contribution in [-0.4, -0.2) is 38.8 Å². The standard InChI is InChI=1S/C17H17FN2O4S/c1-24-14-6-2-12(3-7-14)16-17(21)19-10-11-20(16)25(22,23)15-8-4-13(18)5-9-15/h2-9,16H,10-11H2,1H3,(H,19,21). The molecule has 1 unspecified atom stereocenters. The minimum absolute atomic E-state index is 0.0536. The average Bonchev–Trinajstić information content (AvgIpc) is 2.62. The number of hydrogen-bond donors (Lipinski definition) is 1. The maximum Gasteiger partial charge on any atom is 0.244 e. The first-order valence-corrected chi connectivity index (χ1v) is 9.06. The average molecular weight is 364 g/mol. The van der Waals surface area contributed by atoms with E-state index in [9.17, 15) is 17.6 Å². The van der Waals surface area contributed by atoms with E-state index in [-0.39, 0.29) is 18.0 Å². The molecule has 0 aromatic heterocycles. The highest BCUT2D eigenvalue weighted by Crippen LogP contribution is 2.30. The van der Waals surface area contributed by atoms with Crippen molar-refractivity contribution in [1.82, 2.24) is 9.62 Å². The van der Waals surface area contributed by atoms with E-state index in [0.29, 0.717) is 11.3 Å². The van der Waals surface area contributed by atoms with E-state index < -0.39 is 27.8 Å². The summed E-state index contributed by atoms with van der Waals surface area (Å²) in [5.74, 6) is -0.322. The van der Waals surface area contributed by atoms with E-state index in [1.165, 1.54) is 19.2 Å². The van der Waals surface area contributed by atoms with Gasteiger partial charge in [0.15, 0.2) is 0 Å². The summed E-state index contributed by atoms with van der Waals surface area (Å²) in [6, 6.07) is 10.2. The van der Waals surface area contributed by atoms with Gasteiger partial charge in [0, 0.05) is 13.1 Å². The molecule has 1 aliphatic heterocycles. The van der Waals surface area contributed by atoms with E-state index in [1.54, 1.807) is 24.3 Å². The number of nitrogens with one attached hydrogen (secondary N) is 1. The lowest BCUT2D eigenvalue weighted by Crippen LogP contribution is -2.52. The van der Waals surface area contributed by atoms with Crippen LogP contribution >= 0.6 is 0 Å². The van der Waals surface area contributed by atoms with Gasteiger partial charge in [0.25, 0.3) is 0 Å². The van der Waals surface area contributed by atoms with Crippen LogP contribution in [0.2, 0.25) is 0 Å². The minimum Gasteiger partial charge on any atom is -0.497 e. The fourth-order valence-corrected chi connectivity index (χ4v) is 4.33. The van der Waals surface area contributed by atoms with Gasteiger partial charge >= 0.3 is 0 Å². The lowest BCUT2D eigenvalue weighted by molar-refractivity contribution is -0.126. The third kappa shape index (κ3) is 3.35. The monoisotopic (exact) mass is 364 g/mol. The molecule has 1 amide bonds. The molecular formula is C17H17FN2O4S. The highest BCUT2D eigenvalue weighted by molar-refractivity contribution is 7.89. The fraction of sp³-hybridized carbons (Fsp3) is 0.235. The van der Waals surface area contributed by atoms with Crippen molar-refractivity contribution in [2.24, 2.45) is 0 Å². The number of carbonyl (C=O) groups is 1. The van der Waals surface area contributed by atoms with Gasteiger partial charge in [0.1, 0.15) is 17.6 Å². The van der Waals surface area contributed by atoms with Crippen molar-refractivity contribution >= 4 is 15.9 Å². The van der Waals surface area contributed by atoms with Gasteiger partial charge in [0.05, 0.1) is 12.0 Å². The smallest absolute Gasteiger partial charge is 0.244 e. The topological polar surface area (TPSA) is 75.7 Å². The van der Waals surface area contributed by atoms with Crippen molar-refractivity contribution in [2.45, 2.75) is 10.9 Å². The molecule has 0 saturated carbocycles.